The molecular weight excluding hydrogens is 392 g/mol. The van der Waals surface area contributed by atoms with Crippen LogP contribution in [0, 0.1) is 13.8 Å². The van der Waals surface area contributed by atoms with Crippen molar-refractivity contribution >= 4 is 10.1 Å². The van der Waals surface area contributed by atoms with Crippen LogP contribution >= 0.6 is 0 Å². The second-order valence-electron chi connectivity index (χ2n) is 8.22. The maximum absolute atomic E-state index is 11.2. The molecular formula is C26H40O3S. The first-order chi connectivity index (χ1) is 14.3. The van der Waals surface area contributed by atoms with Crippen LogP contribution in [0.15, 0.2) is 53.4 Å². The van der Waals surface area contributed by atoms with Crippen molar-refractivity contribution in [3.05, 3.63) is 65.2 Å². The van der Waals surface area contributed by atoms with E-state index in [0.29, 0.717) is 5.92 Å². The van der Waals surface area contributed by atoms with Crippen molar-refractivity contribution in [3.63, 3.8) is 0 Å². The van der Waals surface area contributed by atoms with Gasteiger partial charge in [0.05, 0.1) is 4.90 Å². The van der Waals surface area contributed by atoms with E-state index in [2.05, 4.69) is 52.0 Å². The molecule has 0 heterocycles. The number of unbranched alkanes of at least 4 members (excludes halogenated alkanes) is 6. The maximum Gasteiger partial charge on any atom is 0.294 e. The zero-order chi connectivity index (χ0) is 22.4. The first-order valence-electron chi connectivity index (χ1n) is 11.4. The Morgan fingerprint density at radius 2 is 1.33 bits per heavy atom. The quantitative estimate of drug-likeness (QED) is 0.290. The molecule has 2 aromatic carbocycles. The van der Waals surface area contributed by atoms with Gasteiger partial charge >= 0.3 is 0 Å². The molecule has 0 saturated heterocycles. The lowest BCUT2D eigenvalue weighted by atomic mass is 9.91. The van der Waals surface area contributed by atoms with Crippen molar-refractivity contribution in [2.24, 2.45) is 0 Å². The summed E-state index contributed by atoms with van der Waals surface area (Å²) in [6, 6.07) is 15.2. The first-order valence-corrected chi connectivity index (χ1v) is 12.8. The topological polar surface area (TPSA) is 54.4 Å². The lowest BCUT2D eigenvalue weighted by Gasteiger charge is -2.16. The molecule has 0 spiro atoms. The summed E-state index contributed by atoms with van der Waals surface area (Å²) in [5.74, 6) is 0.373. The van der Waals surface area contributed by atoms with Gasteiger partial charge in [-0.2, -0.15) is 8.42 Å². The van der Waals surface area contributed by atoms with Gasteiger partial charge in [-0.15, -0.1) is 0 Å². The largest absolute Gasteiger partial charge is 0.294 e. The Morgan fingerprint density at radius 1 is 0.800 bits per heavy atom. The summed E-state index contributed by atoms with van der Waals surface area (Å²) in [6.07, 6.45) is 11.1. The van der Waals surface area contributed by atoms with E-state index in [1.165, 1.54) is 62.1 Å². The molecule has 0 amide bonds. The maximum atomic E-state index is 11.2. The van der Waals surface area contributed by atoms with Crippen molar-refractivity contribution in [1.29, 1.82) is 0 Å². The Hall–Kier alpha value is -1.65. The molecule has 0 radical (unpaired) electrons. The van der Waals surface area contributed by atoms with Crippen LogP contribution in [0.4, 0.5) is 0 Å². The second-order valence-corrected chi connectivity index (χ2v) is 9.64. The lowest BCUT2D eigenvalue weighted by molar-refractivity contribution is 0.482. The molecule has 0 aromatic heterocycles. The monoisotopic (exact) mass is 432 g/mol. The van der Waals surface area contributed by atoms with Crippen LogP contribution in [0.5, 0.6) is 0 Å². The van der Waals surface area contributed by atoms with Gasteiger partial charge in [-0.25, -0.2) is 0 Å². The molecule has 4 heteroatoms. The molecule has 168 valence electrons. The standard InChI is InChI=1S/C18H30O3S.C8H10/c1-3-5-6-7-8-9-10-12-16(4-2)17-13-11-14-18(15-17)22(19,20)21;1-7-3-5-8(2)6-4-7/h11,13-16H,3-10,12H2,1-2H3,(H,19,20,21);3-6H,1-2H3. The summed E-state index contributed by atoms with van der Waals surface area (Å²) in [4.78, 5) is 0.00279. The molecule has 0 aliphatic carbocycles. The predicted octanol–water partition coefficient (Wildman–Crippen LogP) is 7.87. The minimum absolute atomic E-state index is 0.00279. The summed E-state index contributed by atoms with van der Waals surface area (Å²) in [7, 11) is -4.11. The van der Waals surface area contributed by atoms with Crippen molar-refractivity contribution in [2.75, 3.05) is 0 Å². The molecule has 0 aliphatic heterocycles. The Balaban J connectivity index is 0.000000467. The Bertz CT molecular complexity index is 789. The smallest absolute Gasteiger partial charge is 0.282 e. The fourth-order valence-electron chi connectivity index (χ4n) is 3.52. The fraction of sp³-hybridized carbons (Fsp3) is 0.538. The predicted molar refractivity (Wildman–Crippen MR) is 128 cm³/mol. The highest BCUT2D eigenvalue weighted by atomic mass is 32.2. The molecule has 0 fully saturated rings. The van der Waals surface area contributed by atoms with E-state index < -0.39 is 10.1 Å². The zero-order valence-corrected chi connectivity index (χ0v) is 20.0. The number of hydrogen-bond acceptors (Lipinski definition) is 2. The fourth-order valence-corrected chi connectivity index (χ4v) is 4.06. The van der Waals surface area contributed by atoms with Gasteiger partial charge in [0.1, 0.15) is 0 Å². The summed E-state index contributed by atoms with van der Waals surface area (Å²) in [5.41, 5.74) is 3.68. The van der Waals surface area contributed by atoms with E-state index in [9.17, 15) is 8.42 Å². The van der Waals surface area contributed by atoms with E-state index in [1.54, 1.807) is 12.1 Å². The van der Waals surface area contributed by atoms with Crippen molar-refractivity contribution in [1.82, 2.24) is 0 Å². The van der Waals surface area contributed by atoms with Crippen LogP contribution < -0.4 is 0 Å². The normalized spacial score (nSPS) is 12.2. The first kappa shape index (κ1) is 26.4. The number of rotatable bonds is 11. The second kappa shape index (κ2) is 14.4. The van der Waals surface area contributed by atoms with Crippen LogP contribution in [-0.4, -0.2) is 13.0 Å². The van der Waals surface area contributed by atoms with Gasteiger partial charge in [0.25, 0.3) is 10.1 Å². The average Bonchev–Trinajstić information content (AvgIpc) is 2.72. The van der Waals surface area contributed by atoms with E-state index >= 15 is 0 Å². The average molecular weight is 433 g/mol. The zero-order valence-electron chi connectivity index (χ0n) is 19.2. The summed E-state index contributed by atoms with van der Waals surface area (Å²) in [6.45, 7) is 8.55. The van der Waals surface area contributed by atoms with Gasteiger partial charge in [-0.3, -0.25) is 4.55 Å². The van der Waals surface area contributed by atoms with Crippen LogP contribution in [-0.2, 0) is 10.1 Å². The van der Waals surface area contributed by atoms with Crippen molar-refractivity contribution in [2.45, 2.75) is 96.3 Å². The lowest BCUT2D eigenvalue weighted by Crippen LogP contribution is -2.02. The molecule has 1 N–H and O–H groups in total. The molecule has 0 bridgehead atoms. The highest BCUT2D eigenvalue weighted by molar-refractivity contribution is 7.85. The third-order valence-electron chi connectivity index (χ3n) is 5.49. The van der Waals surface area contributed by atoms with E-state index in [-0.39, 0.29) is 4.90 Å². The van der Waals surface area contributed by atoms with Crippen molar-refractivity contribution in [3.8, 4) is 0 Å². The number of aryl methyl sites for hydroxylation is 2. The molecule has 2 aromatic rings. The highest BCUT2D eigenvalue weighted by Gasteiger charge is 2.14. The molecule has 1 unspecified atom stereocenters. The number of hydrogen-bond donors (Lipinski definition) is 1. The van der Waals surface area contributed by atoms with Gasteiger partial charge in [0.15, 0.2) is 0 Å². The molecule has 2 rings (SSSR count). The van der Waals surface area contributed by atoms with E-state index in [0.717, 1.165) is 18.4 Å². The highest BCUT2D eigenvalue weighted by Crippen LogP contribution is 2.27. The molecule has 3 nitrogen and oxygen atoms in total. The van der Waals surface area contributed by atoms with Crippen LogP contribution in [0.3, 0.4) is 0 Å². The Labute approximate surface area is 184 Å². The van der Waals surface area contributed by atoms with Crippen LogP contribution in [0.2, 0.25) is 0 Å². The minimum atomic E-state index is -4.11. The van der Waals surface area contributed by atoms with Gasteiger partial charge in [0, 0.05) is 0 Å². The molecule has 1 atom stereocenters. The van der Waals surface area contributed by atoms with Crippen molar-refractivity contribution < 1.29 is 13.0 Å². The summed E-state index contributed by atoms with van der Waals surface area (Å²) < 4.78 is 31.6. The third kappa shape index (κ3) is 10.9. The van der Waals surface area contributed by atoms with Gasteiger partial charge in [-0.05, 0) is 50.3 Å². The van der Waals surface area contributed by atoms with Crippen LogP contribution in [0.25, 0.3) is 0 Å². The molecule has 0 saturated carbocycles. The number of benzene rings is 2. The third-order valence-corrected chi connectivity index (χ3v) is 6.34. The molecule has 0 aliphatic rings. The van der Waals surface area contributed by atoms with Gasteiger partial charge in [-0.1, -0.05) is 106 Å². The Kier molecular flexibility index (Phi) is 12.6. The minimum Gasteiger partial charge on any atom is -0.282 e. The van der Waals surface area contributed by atoms with E-state index in [4.69, 9.17) is 4.55 Å². The van der Waals surface area contributed by atoms with E-state index in [1.807, 2.05) is 6.07 Å². The Morgan fingerprint density at radius 3 is 1.83 bits per heavy atom. The SMILES string of the molecule is CCCCCCCCCC(CC)c1cccc(S(=O)(=O)O)c1.Cc1ccc(C)cc1. The van der Waals surface area contributed by atoms with Gasteiger partial charge in [0.2, 0.25) is 0 Å². The summed E-state index contributed by atoms with van der Waals surface area (Å²) >= 11 is 0. The molecule has 30 heavy (non-hydrogen) atoms. The van der Waals surface area contributed by atoms with Crippen LogP contribution in [0.1, 0.15) is 94.2 Å². The summed E-state index contributed by atoms with van der Waals surface area (Å²) in [5, 5.41) is 0. The van der Waals surface area contributed by atoms with Gasteiger partial charge < -0.3 is 0 Å².